The maximum Gasteiger partial charge on any atom is 0.243 e. The maximum absolute atomic E-state index is 13.4. The molecule has 0 bridgehead atoms. The molecule has 23 nitrogen and oxygen atoms in total. The van der Waals surface area contributed by atoms with Gasteiger partial charge in [0.2, 0.25) is 59.1 Å². The van der Waals surface area contributed by atoms with Crippen LogP contribution in [0.4, 0.5) is 0 Å². The van der Waals surface area contributed by atoms with Crippen LogP contribution >= 0.6 is 0 Å². The Labute approximate surface area is 310 Å². The van der Waals surface area contributed by atoms with Gasteiger partial charge in [0.1, 0.15) is 36.3 Å². The van der Waals surface area contributed by atoms with E-state index in [0.717, 1.165) is 0 Å². The van der Waals surface area contributed by atoms with E-state index < -0.39 is 114 Å². The second kappa shape index (κ2) is 22.1. The van der Waals surface area contributed by atoms with Crippen molar-refractivity contribution in [3.8, 4) is 0 Å². The topological polar surface area (TPSA) is 402 Å². The van der Waals surface area contributed by atoms with Crippen molar-refractivity contribution in [1.29, 1.82) is 0 Å². The molecule has 0 radical (unpaired) electrons. The molecular weight excluding hydrogens is 714 g/mol. The van der Waals surface area contributed by atoms with E-state index in [-0.39, 0.29) is 32.1 Å². The van der Waals surface area contributed by atoms with Crippen LogP contribution in [0, 0.1) is 5.92 Å². The van der Waals surface area contributed by atoms with Crippen molar-refractivity contribution in [3.05, 3.63) is 18.2 Å². The van der Waals surface area contributed by atoms with E-state index >= 15 is 0 Å². The summed E-state index contributed by atoms with van der Waals surface area (Å²) in [6.45, 7) is 5.78. The molecule has 1 aromatic rings. The number of nitrogens with zero attached hydrogens (tertiary/aromatic N) is 1. The van der Waals surface area contributed by atoms with Gasteiger partial charge in [-0.2, -0.15) is 0 Å². The van der Waals surface area contributed by atoms with Crippen molar-refractivity contribution in [2.45, 2.75) is 109 Å². The average molecular weight is 766 g/mol. The lowest BCUT2D eigenvalue weighted by Gasteiger charge is -2.27. The molecule has 0 aliphatic rings. The van der Waals surface area contributed by atoms with Gasteiger partial charge in [0.15, 0.2) is 0 Å². The number of carbonyl (C=O) groups excluding carboxylic acids is 10. The Morgan fingerprint density at radius 1 is 0.611 bits per heavy atom. The minimum atomic E-state index is -1.40. The number of nitrogens with two attached hydrogens (primary N) is 5. The summed E-state index contributed by atoms with van der Waals surface area (Å²) in [4.78, 5) is 131. The minimum Gasteiger partial charge on any atom is -0.370 e. The number of aromatic amines is 1. The summed E-state index contributed by atoms with van der Waals surface area (Å²) in [6.07, 6.45) is 1.05. The standard InChI is InChI=1S/C31H51N13O10/c1-13(2)24(44-29(52)19(6-8-22(34)46)42-28(51)17(32)10-23(35)47)31(54)40-15(4)27(50)43-20(9-16-11-37-12-38-16)30(53)39-14(3)26(49)41-18(25(36)48)5-7-21(33)45/h11-15,17-20,24H,5-10,32H2,1-4H3,(H2,33,45)(H2,34,46)(H2,35,47)(H2,36,48)(H,37,38)(H,39,53)(H,40,54)(H,41,49)(H,42,51)(H,43,50)(H,44,52)/t14-,15-,17-,18-,19-,20-,24-/m0/s1. The highest BCUT2D eigenvalue weighted by molar-refractivity contribution is 5.97. The zero-order chi connectivity index (χ0) is 41.3. The predicted molar refractivity (Wildman–Crippen MR) is 188 cm³/mol. The molecule has 0 spiro atoms. The first-order valence-corrected chi connectivity index (χ1v) is 16.8. The number of hydrogen-bond acceptors (Lipinski definition) is 12. The van der Waals surface area contributed by atoms with E-state index in [4.69, 9.17) is 28.7 Å². The van der Waals surface area contributed by atoms with Crippen LogP contribution in [0.2, 0.25) is 0 Å². The number of primary amides is 4. The first-order chi connectivity index (χ1) is 25.1. The second-order valence-electron chi connectivity index (χ2n) is 12.8. The Bertz CT molecular complexity index is 1540. The summed E-state index contributed by atoms with van der Waals surface area (Å²) in [5, 5.41) is 14.5. The van der Waals surface area contributed by atoms with Gasteiger partial charge < -0.3 is 65.6 Å². The zero-order valence-electron chi connectivity index (χ0n) is 30.4. The smallest absolute Gasteiger partial charge is 0.243 e. The fourth-order valence-corrected chi connectivity index (χ4v) is 4.67. The summed E-state index contributed by atoms with van der Waals surface area (Å²) in [5.74, 6) is -9.03. The first kappa shape index (κ1) is 45.9. The zero-order valence-corrected chi connectivity index (χ0v) is 30.4. The normalized spacial score (nSPS) is 14.8. The van der Waals surface area contributed by atoms with Crippen molar-refractivity contribution in [3.63, 3.8) is 0 Å². The van der Waals surface area contributed by atoms with E-state index in [1.165, 1.54) is 26.4 Å². The Hall–Kier alpha value is -6.13. The molecule has 1 rings (SSSR count). The van der Waals surface area contributed by atoms with Crippen molar-refractivity contribution < 1.29 is 47.9 Å². The molecule has 54 heavy (non-hydrogen) atoms. The molecule has 7 atom stereocenters. The Morgan fingerprint density at radius 3 is 1.56 bits per heavy atom. The molecule has 0 aromatic carbocycles. The lowest BCUT2D eigenvalue weighted by Crippen LogP contribution is -2.60. The Balaban J connectivity index is 3.07. The van der Waals surface area contributed by atoms with Gasteiger partial charge in [0, 0.05) is 31.2 Å². The largest absolute Gasteiger partial charge is 0.370 e. The van der Waals surface area contributed by atoms with Crippen molar-refractivity contribution in [2.24, 2.45) is 34.6 Å². The number of rotatable bonds is 24. The molecule has 0 fully saturated rings. The van der Waals surface area contributed by atoms with Crippen LogP contribution in [0.15, 0.2) is 12.5 Å². The van der Waals surface area contributed by atoms with Crippen molar-refractivity contribution >= 4 is 59.1 Å². The third kappa shape index (κ3) is 16.5. The molecule has 1 aromatic heterocycles. The van der Waals surface area contributed by atoms with Crippen LogP contribution in [0.3, 0.4) is 0 Å². The van der Waals surface area contributed by atoms with Crippen molar-refractivity contribution in [1.82, 2.24) is 41.9 Å². The quantitative estimate of drug-likeness (QED) is 0.0468. The van der Waals surface area contributed by atoms with E-state index in [9.17, 15) is 47.9 Å². The van der Waals surface area contributed by atoms with Gasteiger partial charge in [-0.05, 0) is 32.6 Å². The number of imidazole rings is 1. The molecule has 0 aliphatic carbocycles. The summed E-state index contributed by atoms with van der Waals surface area (Å²) in [7, 11) is 0. The number of amides is 10. The summed E-state index contributed by atoms with van der Waals surface area (Å²) in [6, 6.07) is -9.21. The maximum atomic E-state index is 13.4. The monoisotopic (exact) mass is 765 g/mol. The molecule has 0 saturated carbocycles. The Kier molecular flexibility index (Phi) is 18.7. The van der Waals surface area contributed by atoms with E-state index in [0.29, 0.717) is 5.69 Å². The van der Waals surface area contributed by atoms with Crippen molar-refractivity contribution in [2.75, 3.05) is 0 Å². The molecule has 0 saturated heterocycles. The van der Waals surface area contributed by atoms with Crippen LogP contribution in [-0.4, -0.2) is 111 Å². The van der Waals surface area contributed by atoms with Gasteiger partial charge in [-0.1, -0.05) is 13.8 Å². The molecule has 10 amide bonds. The lowest BCUT2D eigenvalue weighted by atomic mass is 10.0. The van der Waals surface area contributed by atoms with Gasteiger partial charge in [-0.3, -0.25) is 47.9 Å². The number of carbonyl (C=O) groups is 10. The highest BCUT2D eigenvalue weighted by Crippen LogP contribution is 2.07. The van der Waals surface area contributed by atoms with E-state index in [1.54, 1.807) is 13.8 Å². The third-order valence-corrected chi connectivity index (χ3v) is 7.77. The fraction of sp³-hybridized carbons (Fsp3) is 0.581. The van der Waals surface area contributed by atoms with Gasteiger partial charge in [-0.25, -0.2) is 4.98 Å². The summed E-state index contributed by atoms with van der Waals surface area (Å²) < 4.78 is 0. The molecular formula is C31H51N13O10. The summed E-state index contributed by atoms with van der Waals surface area (Å²) >= 11 is 0. The molecule has 23 heteroatoms. The number of hydrogen-bond donors (Lipinski definition) is 12. The van der Waals surface area contributed by atoms with Gasteiger partial charge in [-0.15, -0.1) is 0 Å². The van der Waals surface area contributed by atoms with Gasteiger partial charge in [0.05, 0.1) is 18.8 Å². The molecule has 17 N–H and O–H groups in total. The summed E-state index contributed by atoms with van der Waals surface area (Å²) in [5.41, 5.74) is 26.8. The molecule has 300 valence electrons. The van der Waals surface area contributed by atoms with Crippen LogP contribution in [0.25, 0.3) is 0 Å². The minimum absolute atomic E-state index is 0.138. The van der Waals surface area contributed by atoms with Crippen LogP contribution < -0.4 is 60.6 Å². The highest BCUT2D eigenvalue weighted by atomic mass is 16.2. The average Bonchev–Trinajstić information content (AvgIpc) is 3.58. The van der Waals surface area contributed by atoms with E-state index in [2.05, 4.69) is 41.9 Å². The molecule has 1 heterocycles. The SMILES string of the molecule is CC(C)[C@H](NC(=O)[C@H](CCC(N)=O)NC(=O)[C@@H](N)CC(N)=O)C(=O)N[C@@H](C)C(=O)N[C@@H](Cc1cnc[nH]1)C(=O)N[C@@H](C)C(=O)N[C@@H](CCC(N)=O)C(N)=O. The highest BCUT2D eigenvalue weighted by Gasteiger charge is 2.33. The van der Waals surface area contributed by atoms with Crippen LogP contribution in [-0.2, 0) is 54.4 Å². The number of nitrogens with one attached hydrogen (secondary N) is 7. The molecule has 0 aliphatic heterocycles. The van der Waals surface area contributed by atoms with Gasteiger partial charge >= 0.3 is 0 Å². The lowest BCUT2D eigenvalue weighted by molar-refractivity contribution is -0.136. The fourth-order valence-electron chi connectivity index (χ4n) is 4.67. The first-order valence-electron chi connectivity index (χ1n) is 16.8. The third-order valence-electron chi connectivity index (χ3n) is 7.77. The number of H-pyrrole nitrogens is 1. The molecule has 0 unspecified atom stereocenters. The van der Waals surface area contributed by atoms with Crippen LogP contribution in [0.1, 0.15) is 65.5 Å². The van der Waals surface area contributed by atoms with Crippen LogP contribution in [0.5, 0.6) is 0 Å². The second-order valence-corrected chi connectivity index (χ2v) is 12.8. The predicted octanol–water partition coefficient (Wildman–Crippen LogP) is -6.22. The van der Waals surface area contributed by atoms with E-state index in [1.807, 2.05) is 0 Å². The number of aromatic nitrogens is 2. The van der Waals surface area contributed by atoms with Gasteiger partial charge in [0.25, 0.3) is 0 Å². The Morgan fingerprint density at radius 2 is 1.09 bits per heavy atom.